The molecule has 1 aliphatic heterocycles. The van der Waals surface area contributed by atoms with Crippen LogP contribution in [0.1, 0.15) is 17.5 Å². The van der Waals surface area contributed by atoms with Gasteiger partial charge >= 0.3 is 0 Å². The van der Waals surface area contributed by atoms with Gasteiger partial charge in [-0.3, -0.25) is 4.99 Å². The Labute approximate surface area is 108 Å². The number of nitrogens with two attached hydrogens (primary N) is 1. The fourth-order valence-electron chi connectivity index (χ4n) is 2.86. The molecule has 1 aliphatic carbocycles. The zero-order valence-electron chi connectivity index (χ0n) is 10.5. The normalized spacial score (nSPS) is 25.7. The number of fused-ring (bicyclic) bond motifs is 1. The number of rotatable bonds is 2. The Morgan fingerprint density at radius 2 is 2.11 bits per heavy atom. The quantitative estimate of drug-likeness (QED) is 0.844. The van der Waals surface area contributed by atoms with Gasteiger partial charge in [-0.15, -0.1) is 0 Å². The maximum atomic E-state index is 6.06. The Hall–Kier alpha value is -1.67. The van der Waals surface area contributed by atoms with E-state index in [1.807, 2.05) is 0 Å². The number of benzene rings is 1. The van der Waals surface area contributed by atoms with E-state index in [4.69, 9.17) is 10.7 Å². The van der Waals surface area contributed by atoms with E-state index < -0.39 is 0 Å². The first-order valence-electron chi connectivity index (χ1n) is 6.53. The average molecular weight is 238 g/mol. The maximum absolute atomic E-state index is 6.06. The molecule has 0 radical (unpaired) electrons. The van der Waals surface area contributed by atoms with Crippen LogP contribution in [0.25, 0.3) is 0 Å². The van der Waals surface area contributed by atoms with Gasteiger partial charge < -0.3 is 5.73 Å². The highest BCUT2D eigenvalue weighted by atomic mass is 14.8. The summed E-state index contributed by atoms with van der Waals surface area (Å²) in [5.41, 5.74) is 9.82. The summed E-state index contributed by atoms with van der Waals surface area (Å²) >= 11 is 0. The van der Waals surface area contributed by atoms with Crippen LogP contribution >= 0.6 is 0 Å². The SMILES string of the molecule is NCC1(C2=NCCc3ccccc32)C=CC=CC1. The molecule has 0 bridgehead atoms. The summed E-state index contributed by atoms with van der Waals surface area (Å²) in [6.45, 7) is 1.49. The number of hydrogen-bond donors (Lipinski definition) is 1. The van der Waals surface area contributed by atoms with Gasteiger partial charge in [0.1, 0.15) is 0 Å². The Morgan fingerprint density at radius 3 is 2.89 bits per heavy atom. The molecule has 0 amide bonds. The summed E-state index contributed by atoms with van der Waals surface area (Å²) in [4.78, 5) is 4.79. The maximum Gasteiger partial charge on any atom is 0.0538 e. The van der Waals surface area contributed by atoms with E-state index in [-0.39, 0.29) is 5.41 Å². The van der Waals surface area contributed by atoms with Crippen LogP contribution in [0, 0.1) is 5.41 Å². The fraction of sp³-hybridized carbons (Fsp3) is 0.312. The van der Waals surface area contributed by atoms with Crippen LogP contribution in [0.3, 0.4) is 0 Å². The van der Waals surface area contributed by atoms with Crippen LogP contribution in [0.5, 0.6) is 0 Å². The lowest BCUT2D eigenvalue weighted by molar-refractivity contribution is 0.545. The van der Waals surface area contributed by atoms with Gasteiger partial charge in [0, 0.05) is 18.5 Å². The van der Waals surface area contributed by atoms with E-state index in [0.29, 0.717) is 6.54 Å². The van der Waals surface area contributed by atoms with Crippen molar-refractivity contribution in [3.8, 4) is 0 Å². The lowest BCUT2D eigenvalue weighted by Crippen LogP contribution is -2.39. The van der Waals surface area contributed by atoms with E-state index in [2.05, 4.69) is 48.6 Å². The monoisotopic (exact) mass is 238 g/mol. The largest absolute Gasteiger partial charge is 0.329 e. The van der Waals surface area contributed by atoms with Crippen molar-refractivity contribution in [2.24, 2.45) is 16.1 Å². The molecule has 0 aromatic heterocycles. The van der Waals surface area contributed by atoms with E-state index in [1.165, 1.54) is 16.8 Å². The molecule has 0 fully saturated rings. The van der Waals surface area contributed by atoms with Crippen LogP contribution < -0.4 is 5.73 Å². The van der Waals surface area contributed by atoms with Crippen LogP contribution in [0.15, 0.2) is 53.6 Å². The molecule has 1 unspecified atom stereocenters. The van der Waals surface area contributed by atoms with Gasteiger partial charge in [-0.2, -0.15) is 0 Å². The van der Waals surface area contributed by atoms with Gasteiger partial charge in [-0.25, -0.2) is 0 Å². The van der Waals surface area contributed by atoms with E-state index >= 15 is 0 Å². The molecule has 2 nitrogen and oxygen atoms in total. The molecular formula is C16H18N2. The van der Waals surface area contributed by atoms with Crippen LogP contribution in [0.4, 0.5) is 0 Å². The van der Waals surface area contributed by atoms with Gasteiger partial charge in [0.15, 0.2) is 0 Å². The minimum atomic E-state index is -0.106. The molecule has 1 atom stereocenters. The van der Waals surface area contributed by atoms with E-state index in [9.17, 15) is 0 Å². The molecule has 0 saturated carbocycles. The predicted molar refractivity (Wildman–Crippen MR) is 75.9 cm³/mol. The number of hydrogen-bond acceptors (Lipinski definition) is 2. The zero-order chi connectivity index (χ0) is 12.4. The molecule has 2 heteroatoms. The van der Waals surface area contributed by atoms with Gasteiger partial charge in [0.05, 0.1) is 5.71 Å². The van der Waals surface area contributed by atoms with Crippen molar-refractivity contribution in [3.63, 3.8) is 0 Å². The van der Waals surface area contributed by atoms with Crippen LogP contribution in [-0.2, 0) is 6.42 Å². The highest BCUT2D eigenvalue weighted by Gasteiger charge is 2.34. The third kappa shape index (κ3) is 1.73. The Balaban J connectivity index is 2.09. The van der Waals surface area contributed by atoms with Gasteiger partial charge in [0.2, 0.25) is 0 Å². The number of aliphatic imine (C=N–C) groups is 1. The summed E-state index contributed by atoms with van der Waals surface area (Å²) in [6.07, 6.45) is 10.6. The Bertz CT molecular complexity index is 540. The summed E-state index contributed by atoms with van der Waals surface area (Å²) in [5.74, 6) is 0. The van der Waals surface area contributed by atoms with Crippen LogP contribution in [-0.4, -0.2) is 18.8 Å². The van der Waals surface area contributed by atoms with Crippen molar-refractivity contribution < 1.29 is 0 Å². The standard InChI is InChI=1S/C16H18N2/c17-12-16(9-4-1-5-10-16)15-14-7-3-2-6-13(14)8-11-18-15/h1-7,9H,8,10-12,17H2. The molecule has 2 N–H and O–H groups in total. The highest BCUT2D eigenvalue weighted by Crippen LogP contribution is 2.34. The number of nitrogens with zero attached hydrogens (tertiary/aromatic N) is 1. The van der Waals surface area contributed by atoms with Crippen LogP contribution in [0.2, 0.25) is 0 Å². The number of allylic oxidation sites excluding steroid dienone is 3. The molecule has 2 aliphatic rings. The second kappa shape index (κ2) is 4.54. The minimum absolute atomic E-state index is 0.106. The molecule has 18 heavy (non-hydrogen) atoms. The molecule has 0 saturated heterocycles. The first-order valence-corrected chi connectivity index (χ1v) is 6.53. The lowest BCUT2D eigenvalue weighted by atomic mass is 9.73. The highest BCUT2D eigenvalue weighted by molar-refractivity contribution is 6.08. The first kappa shape index (κ1) is 11.4. The van der Waals surface area contributed by atoms with Gasteiger partial charge in [0.25, 0.3) is 0 Å². The van der Waals surface area contributed by atoms with Crippen molar-refractivity contribution in [1.29, 1.82) is 0 Å². The minimum Gasteiger partial charge on any atom is -0.329 e. The molecule has 3 rings (SSSR count). The molecule has 0 spiro atoms. The third-order valence-electron chi connectivity index (χ3n) is 3.90. The molecule has 92 valence electrons. The van der Waals surface area contributed by atoms with Crippen molar-refractivity contribution >= 4 is 5.71 Å². The Kier molecular flexibility index (Phi) is 2.88. The summed E-state index contributed by atoms with van der Waals surface area (Å²) in [5, 5.41) is 0. The predicted octanol–water partition coefficient (Wildman–Crippen LogP) is 2.49. The fourth-order valence-corrected chi connectivity index (χ4v) is 2.86. The molecular weight excluding hydrogens is 220 g/mol. The Morgan fingerprint density at radius 1 is 1.22 bits per heavy atom. The summed E-state index contributed by atoms with van der Waals surface area (Å²) < 4.78 is 0. The van der Waals surface area contributed by atoms with Gasteiger partial charge in [-0.05, 0) is 24.0 Å². The van der Waals surface area contributed by atoms with Crippen molar-refractivity contribution in [2.75, 3.05) is 13.1 Å². The van der Waals surface area contributed by atoms with Gasteiger partial charge in [-0.1, -0.05) is 48.6 Å². The third-order valence-corrected chi connectivity index (χ3v) is 3.90. The van der Waals surface area contributed by atoms with Crippen molar-refractivity contribution in [3.05, 3.63) is 59.7 Å². The zero-order valence-corrected chi connectivity index (χ0v) is 10.5. The lowest BCUT2D eigenvalue weighted by Gasteiger charge is -2.34. The topological polar surface area (TPSA) is 38.4 Å². The first-order chi connectivity index (χ1) is 8.86. The van der Waals surface area contributed by atoms with E-state index in [0.717, 1.165) is 19.4 Å². The summed E-state index contributed by atoms with van der Waals surface area (Å²) in [6, 6.07) is 8.58. The van der Waals surface area contributed by atoms with Crippen molar-refractivity contribution in [1.82, 2.24) is 0 Å². The smallest absolute Gasteiger partial charge is 0.0538 e. The van der Waals surface area contributed by atoms with E-state index in [1.54, 1.807) is 0 Å². The summed E-state index contributed by atoms with van der Waals surface area (Å²) in [7, 11) is 0. The molecule has 1 aromatic rings. The second-order valence-corrected chi connectivity index (χ2v) is 4.99. The molecule has 1 heterocycles. The van der Waals surface area contributed by atoms with Crippen molar-refractivity contribution in [2.45, 2.75) is 12.8 Å². The average Bonchev–Trinajstić information content (AvgIpc) is 2.47. The second-order valence-electron chi connectivity index (χ2n) is 4.99. The molecule has 1 aromatic carbocycles.